The lowest BCUT2D eigenvalue weighted by Gasteiger charge is -2.36. The quantitative estimate of drug-likeness (QED) is 0.111. The van der Waals surface area contributed by atoms with Gasteiger partial charge in [-0.3, -0.25) is 4.79 Å². The SMILES string of the molecule is CCCCC(O)C(CCCCCOC(c1ccccc1)(c1ccc(OC)cc1)c1ccc(OC)cc1)OC(C)=O. The standard InChI is InChI=1S/C34H44O6/c1-5-6-15-32(36)33(40-26(2)35)16-11-8-12-25-39-34(27-13-9-7-10-14-27,28-17-21-30(37-3)22-18-28)29-19-23-31(38-4)24-20-29/h7,9-10,13-14,17-24,32-33,36H,5-6,8,11-12,15-16,25H2,1-4H3. The third-order valence-corrected chi connectivity index (χ3v) is 7.22. The van der Waals surface area contributed by atoms with Crippen LogP contribution in [0.25, 0.3) is 0 Å². The average molecular weight is 549 g/mol. The van der Waals surface area contributed by atoms with Crippen molar-refractivity contribution in [1.82, 2.24) is 0 Å². The first-order chi connectivity index (χ1) is 19.4. The first-order valence-electron chi connectivity index (χ1n) is 14.3. The molecule has 40 heavy (non-hydrogen) atoms. The number of rotatable bonds is 17. The van der Waals surface area contributed by atoms with Crippen LogP contribution in [0.2, 0.25) is 0 Å². The molecule has 0 saturated carbocycles. The van der Waals surface area contributed by atoms with Crippen LogP contribution in [-0.4, -0.2) is 44.1 Å². The Morgan fingerprint density at radius 1 is 0.750 bits per heavy atom. The molecule has 0 bridgehead atoms. The first-order valence-corrected chi connectivity index (χ1v) is 14.3. The highest BCUT2D eigenvalue weighted by Crippen LogP contribution is 2.41. The van der Waals surface area contributed by atoms with Gasteiger partial charge in [0.1, 0.15) is 23.2 Å². The molecule has 6 heteroatoms. The van der Waals surface area contributed by atoms with E-state index in [0.717, 1.165) is 60.3 Å². The Hall–Kier alpha value is -3.35. The third-order valence-electron chi connectivity index (χ3n) is 7.22. The zero-order chi connectivity index (χ0) is 28.8. The van der Waals surface area contributed by atoms with Gasteiger partial charge in [-0.25, -0.2) is 0 Å². The fourth-order valence-electron chi connectivity index (χ4n) is 5.07. The van der Waals surface area contributed by atoms with E-state index < -0.39 is 17.8 Å². The van der Waals surface area contributed by atoms with E-state index in [1.807, 2.05) is 42.5 Å². The van der Waals surface area contributed by atoms with Crippen LogP contribution in [-0.2, 0) is 19.9 Å². The Morgan fingerprint density at radius 3 is 1.80 bits per heavy atom. The summed E-state index contributed by atoms with van der Waals surface area (Å²) in [6.45, 7) is 4.00. The molecule has 3 rings (SSSR count). The molecule has 0 aliphatic carbocycles. The molecule has 1 N–H and O–H groups in total. The summed E-state index contributed by atoms with van der Waals surface area (Å²) in [4.78, 5) is 11.6. The maximum absolute atomic E-state index is 11.6. The summed E-state index contributed by atoms with van der Waals surface area (Å²) in [7, 11) is 3.32. The van der Waals surface area contributed by atoms with Crippen molar-refractivity contribution < 1.29 is 28.8 Å². The minimum Gasteiger partial charge on any atom is -0.497 e. The van der Waals surface area contributed by atoms with Gasteiger partial charge in [-0.2, -0.15) is 0 Å². The number of esters is 1. The topological polar surface area (TPSA) is 74.2 Å². The molecule has 2 unspecified atom stereocenters. The molecule has 2 atom stereocenters. The number of hydrogen-bond donors (Lipinski definition) is 1. The number of aliphatic hydroxyl groups is 1. The number of aliphatic hydroxyl groups excluding tert-OH is 1. The molecule has 6 nitrogen and oxygen atoms in total. The predicted octanol–water partition coefficient (Wildman–Crippen LogP) is 7.06. The molecule has 0 amide bonds. The predicted molar refractivity (Wildman–Crippen MR) is 158 cm³/mol. The highest BCUT2D eigenvalue weighted by atomic mass is 16.6. The fraction of sp³-hybridized carbons (Fsp3) is 0.441. The summed E-state index contributed by atoms with van der Waals surface area (Å²) in [6.07, 6.45) is 4.60. The third kappa shape index (κ3) is 8.33. The van der Waals surface area contributed by atoms with Gasteiger partial charge in [0.15, 0.2) is 0 Å². The van der Waals surface area contributed by atoms with Crippen molar-refractivity contribution in [3.8, 4) is 11.5 Å². The molecule has 0 spiro atoms. The lowest BCUT2D eigenvalue weighted by molar-refractivity contribution is -0.153. The minimum atomic E-state index is -0.837. The molecule has 0 aliphatic rings. The van der Waals surface area contributed by atoms with E-state index >= 15 is 0 Å². The minimum absolute atomic E-state index is 0.351. The number of methoxy groups -OCH3 is 2. The smallest absolute Gasteiger partial charge is 0.302 e. The van der Waals surface area contributed by atoms with Crippen molar-refractivity contribution in [2.24, 2.45) is 0 Å². The van der Waals surface area contributed by atoms with Crippen molar-refractivity contribution in [3.63, 3.8) is 0 Å². The summed E-state index contributed by atoms with van der Waals surface area (Å²) >= 11 is 0. The molecule has 0 fully saturated rings. The van der Waals surface area contributed by atoms with Crippen molar-refractivity contribution >= 4 is 5.97 Å². The van der Waals surface area contributed by atoms with E-state index in [9.17, 15) is 9.90 Å². The van der Waals surface area contributed by atoms with Gasteiger partial charge in [-0.1, -0.05) is 80.8 Å². The molecule has 3 aromatic carbocycles. The van der Waals surface area contributed by atoms with Gasteiger partial charge in [0.2, 0.25) is 0 Å². The normalized spacial score (nSPS) is 12.9. The van der Waals surface area contributed by atoms with Crippen molar-refractivity contribution in [2.45, 2.75) is 76.6 Å². The largest absolute Gasteiger partial charge is 0.497 e. The maximum Gasteiger partial charge on any atom is 0.302 e. The molecule has 216 valence electrons. The van der Waals surface area contributed by atoms with E-state index in [0.29, 0.717) is 19.4 Å². The highest BCUT2D eigenvalue weighted by molar-refractivity contribution is 5.66. The molecule has 0 aliphatic heterocycles. The van der Waals surface area contributed by atoms with Gasteiger partial charge in [0, 0.05) is 13.5 Å². The first kappa shape index (κ1) is 31.2. The zero-order valence-corrected chi connectivity index (χ0v) is 24.3. The second-order valence-corrected chi connectivity index (χ2v) is 10.1. The Balaban J connectivity index is 1.80. The average Bonchev–Trinajstić information content (AvgIpc) is 2.99. The Morgan fingerprint density at radius 2 is 1.30 bits per heavy atom. The van der Waals surface area contributed by atoms with Crippen LogP contribution in [0.3, 0.4) is 0 Å². The Labute approximate surface area is 239 Å². The number of ether oxygens (including phenoxy) is 4. The summed E-state index contributed by atoms with van der Waals surface area (Å²) in [5.74, 6) is 1.21. The van der Waals surface area contributed by atoms with E-state index in [4.69, 9.17) is 18.9 Å². The summed E-state index contributed by atoms with van der Waals surface area (Å²) in [6, 6.07) is 26.3. The van der Waals surface area contributed by atoms with Crippen LogP contribution in [0, 0.1) is 0 Å². The molecular formula is C34H44O6. The lowest BCUT2D eigenvalue weighted by Crippen LogP contribution is -2.33. The molecule has 0 heterocycles. The second kappa shape index (κ2) is 16.0. The Kier molecular flexibility index (Phi) is 12.5. The van der Waals surface area contributed by atoms with Gasteiger partial charge >= 0.3 is 5.97 Å². The summed E-state index contributed by atoms with van der Waals surface area (Å²) in [5, 5.41) is 10.5. The van der Waals surface area contributed by atoms with Gasteiger partial charge in [0.25, 0.3) is 0 Å². The molecule has 3 aromatic rings. The lowest BCUT2D eigenvalue weighted by atomic mass is 9.80. The monoisotopic (exact) mass is 548 g/mol. The van der Waals surface area contributed by atoms with Crippen LogP contribution in [0.4, 0.5) is 0 Å². The van der Waals surface area contributed by atoms with Crippen LogP contribution in [0.5, 0.6) is 11.5 Å². The van der Waals surface area contributed by atoms with Gasteiger partial charge in [0.05, 0.1) is 20.3 Å². The van der Waals surface area contributed by atoms with Crippen molar-refractivity contribution in [3.05, 3.63) is 95.6 Å². The van der Waals surface area contributed by atoms with Crippen molar-refractivity contribution in [1.29, 1.82) is 0 Å². The summed E-state index contributed by atoms with van der Waals surface area (Å²) in [5.41, 5.74) is 2.19. The van der Waals surface area contributed by atoms with Crippen LogP contribution in [0.15, 0.2) is 78.9 Å². The molecular weight excluding hydrogens is 504 g/mol. The van der Waals surface area contributed by atoms with Gasteiger partial charge in [-0.05, 0) is 66.6 Å². The molecule has 0 saturated heterocycles. The summed E-state index contributed by atoms with van der Waals surface area (Å²) < 4.78 is 23.2. The number of hydrogen-bond acceptors (Lipinski definition) is 6. The second-order valence-electron chi connectivity index (χ2n) is 10.1. The maximum atomic E-state index is 11.6. The molecule has 0 aromatic heterocycles. The number of carbonyl (C=O) groups is 1. The number of unbranched alkanes of at least 4 members (excludes halogenated alkanes) is 3. The zero-order valence-electron chi connectivity index (χ0n) is 24.3. The van der Waals surface area contributed by atoms with E-state index in [-0.39, 0.29) is 5.97 Å². The Bertz CT molecular complexity index is 1080. The van der Waals surface area contributed by atoms with Crippen LogP contribution >= 0.6 is 0 Å². The van der Waals surface area contributed by atoms with Gasteiger partial charge in [-0.15, -0.1) is 0 Å². The van der Waals surface area contributed by atoms with E-state index in [1.165, 1.54) is 6.92 Å². The molecule has 0 radical (unpaired) electrons. The van der Waals surface area contributed by atoms with Crippen LogP contribution in [0.1, 0.15) is 75.5 Å². The van der Waals surface area contributed by atoms with Gasteiger partial charge < -0.3 is 24.1 Å². The fourth-order valence-corrected chi connectivity index (χ4v) is 5.07. The number of carbonyl (C=O) groups excluding carboxylic acids is 1. The number of benzene rings is 3. The highest BCUT2D eigenvalue weighted by Gasteiger charge is 2.37. The van der Waals surface area contributed by atoms with E-state index in [1.54, 1.807) is 14.2 Å². The van der Waals surface area contributed by atoms with Crippen LogP contribution < -0.4 is 9.47 Å². The van der Waals surface area contributed by atoms with E-state index in [2.05, 4.69) is 43.3 Å². The van der Waals surface area contributed by atoms with Crippen molar-refractivity contribution in [2.75, 3.05) is 20.8 Å².